The maximum atomic E-state index is 12.0. The zero-order chi connectivity index (χ0) is 12.1. The second-order valence-electron chi connectivity index (χ2n) is 3.71. The summed E-state index contributed by atoms with van der Waals surface area (Å²) in [6.07, 6.45) is 3.24. The second-order valence-corrected chi connectivity index (χ2v) is 3.71. The molecule has 17 heavy (non-hydrogen) atoms. The van der Waals surface area contributed by atoms with Crippen LogP contribution in [0.3, 0.4) is 0 Å². The number of hydrogen-bond acceptors (Lipinski definition) is 5. The minimum Gasteiger partial charge on any atom is -0.386 e. The van der Waals surface area contributed by atoms with E-state index in [2.05, 4.69) is 15.7 Å². The summed E-state index contributed by atoms with van der Waals surface area (Å²) in [5, 5.41) is 4.81. The van der Waals surface area contributed by atoms with Crippen LogP contribution in [0.25, 0.3) is 0 Å². The van der Waals surface area contributed by atoms with Gasteiger partial charge >= 0.3 is 0 Å². The Morgan fingerprint density at radius 1 is 1.47 bits per heavy atom. The number of hydrazine groups is 1. The summed E-state index contributed by atoms with van der Waals surface area (Å²) in [7, 11) is 1.77. The van der Waals surface area contributed by atoms with Gasteiger partial charge in [0.25, 0.3) is 5.91 Å². The van der Waals surface area contributed by atoms with Gasteiger partial charge in [-0.25, -0.2) is 5.01 Å². The third kappa shape index (κ3) is 2.92. The van der Waals surface area contributed by atoms with Crippen molar-refractivity contribution in [1.82, 2.24) is 15.4 Å². The van der Waals surface area contributed by atoms with Crippen molar-refractivity contribution < 1.29 is 9.53 Å². The van der Waals surface area contributed by atoms with Crippen molar-refractivity contribution in [2.75, 3.05) is 38.7 Å². The zero-order valence-corrected chi connectivity index (χ0v) is 9.77. The quantitative estimate of drug-likeness (QED) is 0.779. The van der Waals surface area contributed by atoms with Crippen LogP contribution in [0.2, 0.25) is 0 Å². The predicted octanol–water partition coefficient (Wildman–Crippen LogP) is 0.100. The Bertz CT molecular complexity index is 391. The number of amides is 1. The van der Waals surface area contributed by atoms with Crippen LogP contribution in [0.1, 0.15) is 10.4 Å². The van der Waals surface area contributed by atoms with Gasteiger partial charge in [0.15, 0.2) is 0 Å². The molecule has 0 radical (unpaired) electrons. The van der Waals surface area contributed by atoms with E-state index in [0.717, 1.165) is 5.69 Å². The third-order valence-electron chi connectivity index (χ3n) is 2.61. The molecule has 6 heteroatoms. The number of ether oxygens (including phenoxy) is 1. The molecule has 1 aromatic heterocycles. The Morgan fingerprint density at radius 3 is 2.94 bits per heavy atom. The lowest BCUT2D eigenvalue weighted by Gasteiger charge is -2.27. The highest BCUT2D eigenvalue weighted by molar-refractivity contribution is 5.99. The Morgan fingerprint density at radius 2 is 2.24 bits per heavy atom. The van der Waals surface area contributed by atoms with Crippen molar-refractivity contribution in [1.29, 1.82) is 0 Å². The van der Waals surface area contributed by atoms with Gasteiger partial charge in [-0.1, -0.05) is 0 Å². The molecule has 2 rings (SSSR count). The third-order valence-corrected chi connectivity index (χ3v) is 2.61. The van der Waals surface area contributed by atoms with Crippen LogP contribution in [0.4, 0.5) is 5.69 Å². The van der Waals surface area contributed by atoms with Crippen molar-refractivity contribution >= 4 is 11.6 Å². The largest absolute Gasteiger partial charge is 0.386 e. The molecule has 2 N–H and O–H groups in total. The molecule has 1 aromatic rings. The van der Waals surface area contributed by atoms with Gasteiger partial charge in [0, 0.05) is 26.3 Å². The highest BCUT2D eigenvalue weighted by Gasteiger charge is 2.16. The lowest BCUT2D eigenvalue weighted by molar-refractivity contribution is 0.0126. The first kappa shape index (κ1) is 11.8. The molecular formula is C11H16N4O2. The Labute approximate surface area is 99.9 Å². The molecule has 0 bridgehead atoms. The van der Waals surface area contributed by atoms with Crippen LogP contribution in [0, 0.1) is 0 Å². The van der Waals surface area contributed by atoms with Gasteiger partial charge < -0.3 is 10.1 Å². The van der Waals surface area contributed by atoms with E-state index < -0.39 is 0 Å². The topological polar surface area (TPSA) is 66.5 Å². The van der Waals surface area contributed by atoms with Crippen molar-refractivity contribution in [3.8, 4) is 0 Å². The molecule has 0 atom stereocenters. The zero-order valence-electron chi connectivity index (χ0n) is 9.77. The summed E-state index contributed by atoms with van der Waals surface area (Å²) < 4.78 is 5.22. The first-order valence-electron chi connectivity index (χ1n) is 5.56. The summed E-state index contributed by atoms with van der Waals surface area (Å²) >= 11 is 0. The molecule has 0 spiro atoms. The van der Waals surface area contributed by atoms with Crippen LogP contribution in [-0.4, -0.2) is 49.3 Å². The molecule has 1 aliphatic rings. The van der Waals surface area contributed by atoms with Crippen molar-refractivity contribution in [2.24, 2.45) is 0 Å². The maximum absolute atomic E-state index is 12.0. The Balaban J connectivity index is 2.03. The van der Waals surface area contributed by atoms with Gasteiger partial charge in [0.05, 0.1) is 30.7 Å². The van der Waals surface area contributed by atoms with Gasteiger partial charge in [0.2, 0.25) is 0 Å². The second kappa shape index (κ2) is 5.60. The molecule has 0 aromatic carbocycles. The first-order valence-corrected chi connectivity index (χ1v) is 5.56. The van der Waals surface area contributed by atoms with E-state index in [-0.39, 0.29) is 5.91 Å². The minimum atomic E-state index is -0.126. The molecule has 1 fully saturated rings. The maximum Gasteiger partial charge on any atom is 0.267 e. The highest BCUT2D eigenvalue weighted by atomic mass is 16.5. The molecule has 1 saturated heterocycles. The fraction of sp³-hybridized carbons (Fsp3) is 0.455. The summed E-state index contributed by atoms with van der Waals surface area (Å²) in [6, 6.07) is 1.70. The van der Waals surface area contributed by atoms with Crippen LogP contribution >= 0.6 is 0 Å². The van der Waals surface area contributed by atoms with Gasteiger partial charge in [-0.05, 0) is 6.07 Å². The molecule has 0 unspecified atom stereocenters. The van der Waals surface area contributed by atoms with Gasteiger partial charge in [-0.15, -0.1) is 0 Å². The van der Waals surface area contributed by atoms with E-state index in [1.54, 1.807) is 25.5 Å². The molecule has 0 saturated carbocycles. The number of carbonyl (C=O) groups is 1. The fourth-order valence-electron chi connectivity index (χ4n) is 1.67. The lowest BCUT2D eigenvalue weighted by atomic mass is 10.2. The van der Waals surface area contributed by atoms with Crippen LogP contribution < -0.4 is 10.7 Å². The number of carbonyl (C=O) groups excluding carboxylic acids is 1. The van der Waals surface area contributed by atoms with Gasteiger partial charge in [-0.2, -0.15) is 0 Å². The number of nitrogens with one attached hydrogen (secondary N) is 2. The van der Waals surface area contributed by atoms with Crippen LogP contribution in [0.5, 0.6) is 0 Å². The predicted molar refractivity (Wildman–Crippen MR) is 63.6 cm³/mol. The Kier molecular flexibility index (Phi) is 3.89. The average molecular weight is 236 g/mol. The summed E-state index contributed by atoms with van der Waals surface area (Å²) in [5.74, 6) is -0.126. The van der Waals surface area contributed by atoms with E-state index in [9.17, 15) is 4.79 Å². The number of morpholine rings is 1. The molecule has 2 heterocycles. The van der Waals surface area contributed by atoms with E-state index >= 15 is 0 Å². The van der Waals surface area contributed by atoms with E-state index in [1.807, 2.05) is 5.01 Å². The van der Waals surface area contributed by atoms with Gasteiger partial charge in [-0.3, -0.25) is 15.2 Å². The van der Waals surface area contributed by atoms with Crippen molar-refractivity contribution in [2.45, 2.75) is 0 Å². The van der Waals surface area contributed by atoms with E-state index in [0.29, 0.717) is 31.9 Å². The molecule has 0 aliphatic carbocycles. The first-order chi connectivity index (χ1) is 8.31. The fourth-order valence-corrected chi connectivity index (χ4v) is 1.67. The molecule has 6 nitrogen and oxygen atoms in total. The average Bonchev–Trinajstić information content (AvgIpc) is 2.40. The molecule has 1 aliphatic heterocycles. The number of nitrogens with zero attached hydrogens (tertiary/aromatic N) is 2. The molecule has 92 valence electrons. The smallest absolute Gasteiger partial charge is 0.267 e. The number of rotatable bonds is 3. The number of aromatic nitrogens is 1. The van der Waals surface area contributed by atoms with Crippen LogP contribution in [-0.2, 0) is 4.74 Å². The normalized spacial score (nSPS) is 16.5. The number of pyridine rings is 1. The number of anilines is 1. The van der Waals surface area contributed by atoms with E-state index in [4.69, 9.17) is 4.74 Å². The lowest BCUT2D eigenvalue weighted by Crippen LogP contribution is -2.48. The summed E-state index contributed by atoms with van der Waals surface area (Å²) in [5.41, 5.74) is 4.17. The van der Waals surface area contributed by atoms with E-state index in [1.165, 1.54) is 0 Å². The standard InChI is InChI=1S/C11H16N4O2/c1-12-10-8-13-3-2-9(10)11(16)14-15-4-6-17-7-5-15/h2-3,8,12H,4-7H2,1H3,(H,14,16). The minimum absolute atomic E-state index is 0.126. The van der Waals surface area contributed by atoms with Crippen LogP contribution in [0.15, 0.2) is 18.5 Å². The summed E-state index contributed by atoms with van der Waals surface area (Å²) in [4.78, 5) is 16.0. The molecule has 1 amide bonds. The van der Waals surface area contributed by atoms with Crippen molar-refractivity contribution in [3.05, 3.63) is 24.0 Å². The Hall–Kier alpha value is -1.66. The summed E-state index contributed by atoms with van der Waals surface area (Å²) in [6.45, 7) is 2.72. The van der Waals surface area contributed by atoms with Gasteiger partial charge in [0.1, 0.15) is 0 Å². The van der Waals surface area contributed by atoms with Crippen molar-refractivity contribution in [3.63, 3.8) is 0 Å². The monoisotopic (exact) mass is 236 g/mol. The SMILES string of the molecule is CNc1cnccc1C(=O)NN1CCOCC1. The molecular weight excluding hydrogens is 220 g/mol. The highest BCUT2D eigenvalue weighted by Crippen LogP contribution is 2.12. The number of hydrogen-bond donors (Lipinski definition) is 2.